The number of urea groups is 1. The van der Waals surface area contributed by atoms with E-state index >= 15 is 0 Å². The zero-order chi connectivity index (χ0) is 17.9. The number of carbonyl (C=O) groups is 3. The Morgan fingerprint density at radius 1 is 1.17 bits per heavy atom. The Kier molecular flexibility index (Phi) is 5.59. The predicted octanol–water partition coefficient (Wildman–Crippen LogP) is 1.90. The van der Waals surface area contributed by atoms with Crippen LogP contribution in [0.5, 0.6) is 0 Å². The van der Waals surface area contributed by atoms with Crippen LogP contribution in [-0.4, -0.2) is 47.8 Å². The van der Waals surface area contributed by atoms with Crippen LogP contribution in [0.2, 0.25) is 0 Å². The van der Waals surface area contributed by atoms with E-state index in [0.29, 0.717) is 19.4 Å². The molecule has 0 atom stereocenters. The molecule has 0 aliphatic carbocycles. The molecule has 1 aromatic rings. The van der Waals surface area contributed by atoms with Crippen LogP contribution < -0.4 is 5.32 Å². The van der Waals surface area contributed by atoms with Crippen molar-refractivity contribution < 1.29 is 14.4 Å². The normalized spacial score (nSPS) is 14.5. The Morgan fingerprint density at radius 2 is 1.79 bits per heavy atom. The molecule has 1 heterocycles. The average Bonchev–Trinajstić information content (AvgIpc) is 2.72. The summed E-state index contributed by atoms with van der Waals surface area (Å²) >= 11 is 0. The molecule has 1 fully saturated rings. The quantitative estimate of drug-likeness (QED) is 0.810. The van der Waals surface area contributed by atoms with Gasteiger partial charge >= 0.3 is 6.03 Å². The lowest BCUT2D eigenvalue weighted by Gasteiger charge is -2.14. The van der Waals surface area contributed by atoms with E-state index in [4.69, 9.17) is 0 Å². The highest BCUT2D eigenvalue weighted by Crippen LogP contribution is 2.16. The van der Waals surface area contributed by atoms with Crippen LogP contribution in [0.25, 0.3) is 0 Å². The van der Waals surface area contributed by atoms with Crippen molar-refractivity contribution in [2.45, 2.75) is 40.2 Å². The molecule has 1 saturated heterocycles. The van der Waals surface area contributed by atoms with Gasteiger partial charge in [-0.25, -0.2) is 4.79 Å². The summed E-state index contributed by atoms with van der Waals surface area (Å²) in [5, 5.41) is 2.92. The number of carbonyl (C=O) groups excluding carboxylic acids is 3. The van der Waals surface area contributed by atoms with E-state index in [1.54, 1.807) is 7.05 Å². The van der Waals surface area contributed by atoms with E-state index in [2.05, 4.69) is 24.4 Å². The molecule has 6 nitrogen and oxygen atoms in total. The summed E-state index contributed by atoms with van der Waals surface area (Å²) in [5.74, 6) is -0.268. The van der Waals surface area contributed by atoms with Gasteiger partial charge in [0.1, 0.15) is 6.54 Å². The Hall–Kier alpha value is -2.37. The van der Waals surface area contributed by atoms with Crippen molar-refractivity contribution in [3.8, 4) is 0 Å². The molecule has 0 bridgehead atoms. The van der Waals surface area contributed by atoms with Crippen LogP contribution in [0.15, 0.2) is 12.1 Å². The maximum Gasteiger partial charge on any atom is 0.326 e. The fraction of sp³-hybridized carbons (Fsp3) is 0.500. The lowest BCUT2D eigenvalue weighted by Crippen LogP contribution is -2.33. The van der Waals surface area contributed by atoms with Gasteiger partial charge in [0.2, 0.25) is 11.8 Å². The highest BCUT2D eigenvalue weighted by atomic mass is 16.2. The Morgan fingerprint density at radius 3 is 2.33 bits per heavy atom. The summed E-state index contributed by atoms with van der Waals surface area (Å²) in [7, 11) is 1.60. The van der Waals surface area contributed by atoms with Crippen LogP contribution >= 0.6 is 0 Å². The van der Waals surface area contributed by atoms with Crippen molar-refractivity contribution >= 4 is 17.8 Å². The minimum atomic E-state index is -0.286. The number of benzene rings is 1. The number of aryl methyl sites for hydroxylation is 3. The number of nitrogens with one attached hydrogen (secondary N) is 1. The van der Waals surface area contributed by atoms with E-state index in [9.17, 15) is 14.4 Å². The van der Waals surface area contributed by atoms with Crippen molar-refractivity contribution in [3.63, 3.8) is 0 Å². The largest absolute Gasteiger partial charge is 0.352 e. The van der Waals surface area contributed by atoms with E-state index in [0.717, 1.165) is 5.56 Å². The highest BCUT2D eigenvalue weighted by Gasteiger charge is 2.32. The van der Waals surface area contributed by atoms with Crippen molar-refractivity contribution in [1.29, 1.82) is 0 Å². The smallest absolute Gasteiger partial charge is 0.326 e. The molecule has 130 valence electrons. The molecule has 1 N–H and O–H groups in total. The second kappa shape index (κ2) is 7.47. The van der Waals surface area contributed by atoms with E-state index in [1.165, 1.54) is 26.5 Å². The second-order valence-electron chi connectivity index (χ2n) is 6.44. The van der Waals surface area contributed by atoms with Gasteiger partial charge in [0.05, 0.1) is 0 Å². The maximum atomic E-state index is 12.0. The molecular formula is C18H25N3O3. The fourth-order valence-electron chi connectivity index (χ4n) is 3.05. The van der Waals surface area contributed by atoms with Crippen molar-refractivity contribution in [2.24, 2.45) is 0 Å². The highest BCUT2D eigenvalue weighted by molar-refractivity contribution is 6.01. The molecule has 0 aromatic heterocycles. The SMILES string of the molecule is Cc1cc(C)c(CNC(=O)CCCN2C(=O)CN(C)C2=O)c(C)c1. The summed E-state index contributed by atoms with van der Waals surface area (Å²) in [6, 6.07) is 3.93. The molecule has 1 aliphatic rings. The molecule has 2 rings (SSSR count). The molecule has 0 radical (unpaired) electrons. The number of likely N-dealkylation sites (N-methyl/N-ethyl adjacent to an activating group) is 1. The van der Waals surface area contributed by atoms with E-state index in [-0.39, 0.29) is 30.9 Å². The molecular weight excluding hydrogens is 306 g/mol. The second-order valence-corrected chi connectivity index (χ2v) is 6.44. The lowest BCUT2D eigenvalue weighted by atomic mass is 10.00. The minimum Gasteiger partial charge on any atom is -0.352 e. The van der Waals surface area contributed by atoms with Gasteiger partial charge in [-0.15, -0.1) is 0 Å². The summed E-state index contributed by atoms with van der Waals surface area (Å²) in [5.41, 5.74) is 4.69. The van der Waals surface area contributed by atoms with Gasteiger partial charge in [-0.2, -0.15) is 0 Å². The summed E-state index contributed by atoms with van der Waals surface area (Å²) in [4.78, 5) is 38.0. The zero-order valence-electron chi connectivity index (χ0n) is 14.8. The van der Waals surface area contributed by atoms with Crippen LogP contribution in [0.3, 0.4) is 0 Å². The molecule has 0 spiro atoms. The number of hydrogen-bond acceptors (Lipinski definition) is 3. The van der Waals surface area contributed by atoms with Crippen molar-refractivity contribution in [1.82, 2.24) is 15.1 Å². The molecule has 4 amide bonds. The Bertz CT molecular complexity index is 646. The van der Waals surface area contributed by atoms with Gasteiger partial charge in [0.15, 0.2) is 0 Å². The first-order chi connectivity index (χ1) is 11.3. The van der Waals surface area contributed by atoms with Crippen LogP contribution in [0, 0.1) is 20.8 Å². The first kappa shape index (κ1) is 18.0. The van der Waals surface area contributed by atoms with Gasteiger partial charge < -0.3 is 10.2 Å². The lowest BCUT2D eigenvalue weighted by molar-refractivity contribution is -0.126. The molecule has 1 aromatic carbocycles. The number of nitrogens with zero attached hydrogens (tertiary/aromatic N) is 2. The predicted molar refractivity (Wildman–Crippen MR) is 91.5 cm³/mol. The Balaban J connectivity index is 1.78. The average molecular weight is 331 g/mol. The molecule has 6 heteroatoms. The third-order valence-corrected chi connectivity index (χ3v) is 4.32. The minimum absolute atomic E-state index is 0.0678. The molecule has 24 heavy (non-hydrogen) atoms. The summed E-state index contributed by atoms with van der Waals surface area (Å²) in [6.45, 7) is 7.06. The standard InChI is InChI=1S/C18H25N3O3/c1-12-8-13(2)15(14(3)9-12)10-19-16(22)6-5-7-21-17(23)11-20(4)18(21)24/h8-9H,5-7,10-11H2,1-4H3,(H,19,22). The van der Waals surface area contributed by atoms with E-state index < -0.39 is 0 Å². The van der Waals surface area contributed by atoms with Crippen molar-refractivity contribution in [3.05, 3.63) is 34.4 Å². The first-order valence-electron chi connectivity index (χ1n) is 8.18. The van der Waals surface area contributed by atoms with Crippen LogP contribution in [0.4, 0.5) is 4.79 Å². The third kappa shape index (κ3) is 4.13. The molecule has 1 aliphatic heterocycles. The third-order valence-electron chi connectivity index (χ3n) is 4.32. The summed E-state index contributed by atoms with van der Waals surface area (Å²) in [6.07, 6.45) is 0.772. The topological polar surface area (TPSA) is 69.7 Å². The zero-order valence-corrected chi connectivity index (χ0v) is 14.8. The fourth-order valence-corrected chi connectivity index (χ4v) is 3.05. The van der Waals surface area contributed by atoms with Gasteiger partial charge in [0, 0.05) is 26.6 Å². The van der Waals surface area contributed by atoms with Crippen LogP contribution in [0.1, 0.15) is 35.1 Å². The maximum absolute atomic E-state index is 12.0. The van der Waals surface area contributed by atoms with Crippen LogP contribution in [-0.2, 0) is 16.1 Å². The van der Waals surface area contributed by atoms with Crippen molar-refractivity contribution in [2.75, 3.05) is 20.1 Å². The first-order valence-corrected chi connectivity index (χ1v) is 8.18. The van der Waals surface area contributed by atoms with Gasteiger partial charge in [-0.3, -0.25) is 14.5 Å². The van der Waals surface area contributed by atoms with Gasteiger partial charge in [-0.05, 0) is 43.9 Å². The number of imide groups is 1. The van der Waals surface area contributed by atoms with Gasteiger partial charge in [-0.1, -0.05) is 17.7 Å². The Labute approximate surface area is 142 Å². The van der Waals surface area contributed by atoms with E-state index in [1.807, 2.05) is 13.8 Å². The number of rotatable bonds is 6. The van der Waals surface area contributed by atoms with Gasteiger partial charge in [0.25, 0.3) is 0 Å². The number of amides is 4. The molecule has 0 saturated carbocycles. The number of hydrogen-bond donors (Lipinski definition) is 1. The summed E-state index contributed by atoms with van der Waals surface area (Å²) < 4.78 is 0. The molecule has 0 unspecified atom stereocenters. The monoisotopic (exact) mass is 331 g/mol.